The van der Waals surface area contributed by atoms with Crippen molar-refractivity contribution in [3.05, 3.63) is 55.5 Å². The van der Waals surface area contributed by atoms with Crippen LogP contribution in [0.5, 0.6) is 0 Å². The van der Waals surface area contributed by atoms with Gasteiger partial charge in [0.1, 0.15) is 5.56 Å². The molecule has 0 radical (unpaired) electrons. The number of benzene rings is 1. The molecule has 0 atom stereocenters. The molecule has 0 unspecified atom stereocenters. The van der Waals surface area contributed by atoms with E-state index in [1.54, 1.807) is 0 Å². The molecule has 1 aliphatic carbocycles. The quantitative estimate of drug-likeness (QED) is 0.488. The number of amides is 2. The van der Waals surface area contributed by atoms with Crippen molar-refractivity contribution in [1.82, 2.24) is 9.88 Å². The molecule has 0 saturated heterocycles. The van der Waals surface area contributed by atoms with Crippen LogP contribution in [-0.2, 0) is 6.54 Å². The highest BCUT2D eigenvalue weighted by Crippen LogP contribution is 2.41. The summed E-state index contributed by atoms with van der Waals surface area (Å²) in [7, 11) is 0. The van der Waals surface area contributed by atoms with Gasteiger partial charge in [0.25, 0.3) is 17.5 Å². The summed E-state index contributed by atoms with van der Waals surface area (Å²) >= 11 is 1.53. The van der Waals surface area contributed by atoms with Gasteiger partial charge in [-0.15, -0.1) is 11.3 Å². The third kappa shape index (κ3) is 2.22. The number of nitro benzene ring substituents is 1. The van der Waals surface area contributed by atoms with Gasteiger partial charge in [-0.3, -0.25) is 24.6 Å². The van der Waals surface area contributed by atoms with Gasteiger partial charge in [-0.2, -0.15) is 0 Å². The van der Waals surface area contributed by atoms with Crippen molar-refractivity contribution in [1.29, 1.82) is 0 Å². The molecule has 2 aliphatic rings. The van der Waals surface area contributed by atoms with Crippen molar-refractivity contribution in [2.45, 2.75) is 25.3 Å². The number of carbonyl (C=O) groups excluding carboxylic acids is 2. The average Bonchev–Trinajstić information content (AvgIpc) is 3.24. The number of hydrogen-bond acceptors (Lipinski definition) is 6. The van der Waals surface area contributed by atoms with Crippen LogP contribution in [0.15, 0.2) is 23.6 Å². The van der Waals surface area contributed by atoms with E-state index in [1.807, 2.05) is 5.38 Å². The van der Waals surface area contributed by atoms with Gasteiger partial charge in [-0.05, 0) is 18.9 Å². The second-order valence-corrected chi connectivity index (χ2v) is 6.49. The number of rotatable bonds is 4. The molecule has 0 spiro atoms. The normalized spacial score (nSPS) is 16.8. The number of hydrogen-bond donors (Lipinski definition) is 0. The maximum absolute atomic E-state index is 12.5. The number of imide groups is 1. The molecule has 1 aromatic carbocycles. The molecule has 1 fully saturated rings. The molecule has 2 aromatic rings. The van der Waals surface area contributed by atoms with Crippen molar-refractivity contribution in [2.75, 3.05) is 0 Å². The number of carbonyl (C=O) groups is 2. The van der Waals surface area contributed by atoms with Gasteiger partial charge >= 0.3 is 0 Å². The van der Waals surface area contributed by atoms with Crippen LogP contribution in [0.2, 0.25) is 0 Å². The van der Waals surface area contributed by atoms with Crippen molar-refractivity contribution < 1.29 is 14.5 Å². The lowest BCUT2D eigenvalue weighted by Gasteiger charge is -2.11. The monoisotopic (exact) mass is 329 g/mol. The second kappa shape index (κ2) is 4.95. The van der Waals surface area contributed by atoms with Crippen molar-refractivity contribution >= 4 is 28.8 Å². The van der Waals surface area contributed by atoms with E-state index in [9.17, 15) is 19.7 Å². The van der Waals surface area contributed by atoms with Gasteiger partial charge in [0.15, 0.2) is 0 Å². The third-order valence-corrected chi connectivity index (χ3v) is 5.05. The molecule has 8 heteroatoms. The van der Waals surface area contributed by atoms with E-state index in [-0.39, 0.29) is 23.4 Å². The zero-order valence-corrected chi connectivity index (χ0v) is 12.7. The van der Waals surface area contributed by atoms with Gasteiger partial charge in [0.2, 0.25) is 0 Å². The lowest BCUT2D eigenvalue weighted by atomic mass is 10.1. The van der Waals surface area contributed by atoms with Crippen LogP contribution in [-0.4, -0.2) is 26.6 Å². The van der Waals surface area contributed by atoms with E-state index in [0.717, 1.165) is 22.7 Å². The Morgan fingerprint density at radius 2 is 2.09 bits per heavy atom. The first-order valence-electron chi connectivity index (χ1n) is 7.14. The fraction of sp³-hybridized carbons (Fsp3) is 0.267. The maximum Gasteiger partial charge on any atom is 0.282 e. The summed E-state index contributed by atoms with van der Waals surface area (Å²) < 4.78 is 0. The molecular weight excluding hydrogens is 318 g/mol. The predicted molar refractivity (Wildman–Crippen MR) is 81.4 cm³/mol. The SMILES string of the molecule is O=C1c2cccc([N+](=O)[O-])c2C(=O)N1Cc1csc(C2CC2)n1. The largest absolute Gasteiger partial charge is 0.282 e. The molecular formula is C15H11N3O4S. The molecule has 0 N–H and O–H groups in total. The predicted octanol–water partition coefficient (Wildman–Crippen LogP) is 2.72. The molecule has 1 aliphatic heterocycles. The van der Waals surface area contributed by atoms with E-state index in [0.29, 0.717) is 11.6 Å². The number of thiazole rings is 1. The summed E-state index contributed by atoms with van der Waals surface area (Å²) in [5.41, 5.74) is 0.274. The second-order valence-electron chi connectivity index (χ2n) is 5.60. The van der Waals surface area contributed by atoms with Crippen molar-refractivity contribution in [2.24, 2.45) is 0 Å². The summed E-state index contributed by atoms with van der Waals surface area (Å²) in [6, 6.07) is 4.10. The minimum absolute atomic E-state index is 0.0483. The van der Waals surface area contributed by atoms with Crippen molar-refractivity contribution in [3.63, 3.8) is 0 Å². The Kier molecular flexibility index (Phi) is 3.02. The van der Waals surface area contributed by atoms with Crippen LogP contribution in [0.25, 0.3) is 0 Å². The summed E-state index contributed by atoms with van der Waals surface area (Å²) in [4.78, 5) is 40.8. The van der Waals surface area contributed by atoms with E-state index >= 15 is 0 Å². The number of fused-ring (bicyclic) bond motifs is 1. The molecule has 2 amide bonds. The Balaban J connectivity index is 1.65. The highest BCUT2D eigenvalue weighted by molar-refractivity contribution is 7.09. The zero-order valence-electron chi connectivity index (χ0n) is 11.9. The Labute approximate surface area is 134 Å². The molecule has 23 heavy (non-hydrogen) atoms. The summed E-state index contributed by atoms with van der Waals surface area (Å²) in [5.74, 6) is -0.620. The minimum Gasteiger partial charge on any atom is -0.269 e. The number of aromatic nitrogens is 1. The van der Waals surface area contributed by atoms with E-state index in [1.165, 1.54) is 29.5 Å². The standard InChI is InChI=1S/C15H11N3O4S/c19-14-10-2-1-3-11(18(21)22)12(10)15(20)17(14)6-9-7-23-13(16-9)8-4-5-8/h1-3,7-8H,4-6H2. The topological polar surface area (TPSA) is 93.4 Å². The highest BCUT2D eigenvalue weighted by Gasteiger charge is 2.41. The van der Waals surface area contributed by atoms with Crippen LogP contribution in [0.4, 0.5) is 5.69 Å². The third-order valence-electron chi connectivity index (χ3n) is 3.99. The average molecular weight is 329 g/mol. The maximum atomic E-state index is 12.5. The van der Waals surface area contributed by atoms with E-state index < -0.39 is 16.7 Å². The number of nitro groups is 1. The molecule has 4 rings (SSSR count). The summed E-state index contributed by atoms with van der Waals surface area (Å²) in [6.45, 7) is 0.0483. The van der Waals surface area contributed by atoms with Crippen LogP contribution in [0.1, 0.15) is 50.2 Å². The lowest BCUT2D eigenvalue weighted by Crippen LogP contribution is -2.29. The zero-order chi connectivity index (χ0) is 16.1. The van der Waals surface area contributed by atoms with Gasteiger partial charge in [0.05, 0.1) is 27.7 Å². The van der Waals surface area contributed by atoms with E-state index in [2.05, 4.69) is 4.98 Å². The van der Waals surface area contributed by atoms with Crippen LogP contribution in [0.3, 0.4) is 0 Å². The summed E-state index contributed by atoms with van der Waals surface area (Å²) in [6.07, 6.45) is 2.26. The van der Waals surface area contributed by atoms with Crippen molar-refractivity contribution in [3.8, 4) is 0 Å². The smallest absolute Gasteiger partial charge is 0.269 e. The van der Waals surface area contributed by atoms with Crippen LogP contribution >= 0.6 is 11.3 Å². The van der Waals surface area contributed by atoms with Gasteiger partial charge in [0, 0.05) is 17.4 Å². The van der Waals surface area contributed by atoms with Gasteiger partial charge < -0.3 is 0 Å². The number of nitrogens with zero attached hydrogens (tertiary/aromatic N) is 3. The Bertz CT molecular complexity index is 856. The first-order chi connectivity index (χ1) is 11.1. The molecule has 1 aromatic heterocycles. The fourth-order valence-corrected chi connectivity index (χ4v) is 3.67. The molecule has 1 saturated carbocycles. The Hall–Kier alpha value is -2.61. The fourth-order valence-electron chi connectivity index (χ4n) is 2.69. The van der Waals surface area contributed by atoms with Gasteiger partial charge in [-0.1, -0.05) is 6.07 Å². The molecule has 2 heterocycles. The molecule has 116 valence electrons. The molecule has 7 nitrogen and oxygen atoms in total. The van der Waals surface area contributed by atoms with Gasteiger partial charge in [-0.25, -0.2) is 4.98 Å². The highest BCUT2D eigenvalue weighted by atomic mass is 32.1. The Morgan fingerprint density at radius 3 is 2.78 bits per heavy atom. The first-order valence-corrected chi connectivity index (χ1v) is 8.02. The summed E-state index contributed by atoms with van der Waals surface area (Å²) in [5, 5.41) is 13.9. The van der Waals surface area contributed by atoms with Crippen LogP contribution < -0.4 is 0 Å². The minimum atomic E-state index is -0.637. The Morgan fingerprint density at radius 1 is 1.30 bits per heavy atom. The van der Waals surface area contributed by atoms with E-state index in [4.69, 9.17) is 0 Å². The molecule has 0 bridgehead atoms. The first kappa shape index (κ1) is 14.0. The lowest BCUT2D eigenvalue weighted by molar-refractivity contribution is -0.385. The van der Waals surface area contributed by atoms with Crippen LogP contribution in [0, 0.1) is 10.1 Å².